The van der Waals surface area contributed by atoms with Crippen molar-refractivity contribution >= 4 is 0 Å². The molecular formula is C17H19N. The van der Waals surface area contributed by atoms with Crippen molar-refractivity contribution < 1.29 is 0 Å². The van der Waals surface area contributed by atoms with Crippen molar-refractivity contribution in [3.63, 3.8) is 0 Å². The van der Waals surface area contributed by atoms with Crippen LogP contribution in [0.2, 0.25) is 0 Å². The summed E-state index contributed by atoms with van der Waals surface area (Å²) in [6, 6.07) is 9.36. The second-order valence-corrected chi connectivity index (χ2v) is 6.08. The van der Waals surface area contributed by atoms with Gasteiger partial charge in [-0.2, -0.15) is 0 Å². The third-order valence-electron chi connectivity index (χ3n) is 4.89. The lowest BCUT2D eigenvalue weighted by Gasteiger charge is -2.25. The molecule has 0 unspecified atom stereocenters. The van der Waals surface area contributed by atoms with Gasteiger partial charge in [0.1, 0.15) is 0 Å². The van der Waals surface area contributed by atoms with Gasteiger partial charge in [-0.15, -0.1) is 0 Å². The highest BCUT2D eigenvalue weighted by molar-refractivity contribution is 5.79. The first kappa shape index (κ1) is 10.4. The Hall–Kier alpha value is -1.50. The highest BCUT2D eigenvalue weighted by Gasteiger charge is 2.45. The summed E-state index contributed by atoms with van der Waals surface area (Å²) >= 11 is 0. The van der Waals surface area contributed by atoms with Gasteiger partial charge in [-0.3, -0.25) is 0 Å². The molecule has 1 nitrogen and oxygen atoms in total. The number of aryl methyl sites for hydroxylation is 2. The summed E-state index contributed by atoms with van der Waals surface area (Å²) in [5, 5.41) is 0. The van der Waals surface area contributed by atoms with E-state index in [1.54, 1.807) is 11.1 Å². The molecule has 1 fully saturated rings. The Balaban J connectivity index is 2.07. The molecule has 0 bridgehead atoms. The molecule has 4 rings (SSSR count). The van der Waals surface area contributed by atoms with Gasteiger partial charge < -0.3 is 4.98 Å². The van der Waals surface area contributed by atoms with E-state index < -0.39 is 0 Å². The molecule has 2 aliphatic rings. The van der Waals surface area contributed by atoms with Gasteiger partial charge >= 0.3 is 0 Å². The lowest BCUT2D eigenvalue weighted by Crippen LogP contribution is -2.20. The maximum absolute atomic E-state index is 3.58. The second kappa shape index (κ2) is 3.28. The van der Waals surface area contributed by atoms with E-state index in [-0.39, 0.29) is 0 Å². The number of rotatable bonds is 0. The van der Waals surface area contributed by atoms with E-state index in [1.807, 2.05) is 0 Å². The Morgan fingerprint density at radius 1 is 1.00 bits per heavy atom. The van der Waals surface area contributed by atoms with Crippen LogP contribution in [0.15, 0.2) is 24.3 Å². The summed E-state index contributed by atoms with van der Waals surface area (Å²) in [5.41, 5.74) is 9.02. The number of aromatic nitrogens is 1. The molecule has 0 amide bonds. The first-order valence-corrected chi connectivity index (χ1v) is 7.02. The van der Waals surface area contributed by atoms with Gasteiger partial charge in [0.2, 0.25) is 0 Å². The number of H-pyrrole nitrogens is 1. The molecule has 1 heteroatoms. The lowest BCUT2D eigenvalue weighted by atomic mass is 9.77. The average Bonchev–Trinajstić information content (AvgIpc) is 3.00. The molecular weight excluding hydrogens is 218 g/mol. The van der Waals surface area contributed by atoms with E-state index in [0.29, 0.717) is 5.41 Å². The summed E-state index contributed by atoms with van der Waals surface area (Å²) in [5.74, 6) is 0. The van der Waals surface area contributed by atoms with Crippen molar-refractivity contribution in [2.75, 3.05) is 0 Å². The van der Waals surface area contributed by atoms with Crippen molar-refractivity contribution in [1.82, 2.24) is 4.98 Å². The van der Waals surface area contributed by atoms with E-state index in [4.69, 9.17) is 0 Å². The van der Waals surface area contributed by atoms with Crippen molar-refractivity contribution in [3.05, 3.63) is 46.6 Å². The number of hydrogen-bond acceptors (Lipinski definition) is 0. The summed E-state index contributed by atoms with van der Waals surface area (Å²) in [6.45, 7) is 4.38. The van der Waals surface area contributed by atoms with E-state index in [0.717, 1.165) is 0 Å². The molecule has 2 aromatic rings. The molecule has 92 valence electrons. The van der Waals surface area contributed by atoms with Crippen LogP contribution in [0.5, 0.6) is 0 Å². The number of hydrogen-bond donors (Lipinski definition) is 1. The monoisotopic (exact) mass is 237 g/mol. The van der Waals surface area contributed by atoms with Crippen LogP contribution < -0.4 is 0 Å². The van der Waals surface area contributed by atoms with E-state index in [9.17, 15) is 0 Å². The minimum absolute atomic E-state index is 0.335. The van der Waals surface area contributed by atoms with Crippen LogP contribution in [-0.4, -0.2) is 4.98 Å². The fraction of sp³-hybridized carbons (Fsp3) is 0.412. The van der Waals surface area contributed by atoms with E-state index >= 15 is 0 Å². The molecule has 1 N–H and O–H groups in total. The predicted molar refractivity (Wildman–Crippen MR) is 75.0 cm³/mol. The smallest absolute Gasteiger partial charge is 0.0500 e. The van der Waals surface area contributed by atoms with E-state index in [1.165, 1.54) is 48.2 Å². The van der Waals surface area contributed by atoms with Crippen molar-refractivity contribution in [2.45, 2.75) is 44.9 Å². The largest absolute Gasteiger partial charge is 0.358 e. The zero-order chi connectivity index (χ0) is 12.3. The SMILES string of the molecule is Cc1ccc2c(c1)C1(CCCC1)c1cc(C)[nH]c1-2. The van der Waals surface area contributed by atoms with Crippen LogP contribution in [0.3, 0.4) is 0 Å². The Kier molecular flexibility index (Phi) is 1.90. The molecule has 0 atom stereocenters. The van der Waals surface area contributed by atoms with Crippen molar-refractivity contribution in [2.24, 2.45) is 0 Å². The van der Waals surface area contributed by atoms with Crippen LogP contribution in [0.25, 0.3) is 11.3 Å². The van der Waals surface area contributed by atoms with Crippen LogP contribution in [-0.2, 0) is 5.41 Å². The summed E-state index contributed by atoms with van der Waals surface area (Å²) in [4.78, 5) is 3.58. The molecule has 0 aliphatic heterocycles. The molecule has 18 heavy (non-hydrogen) atoms. The van der Waals surface area contributed by atoms with Gasteiger partial charge in [0, 0.05) is 16.7 Å². The third-order valence-corrected chi connectivity index (χ3v) is 4.89. The van der Waals surface area contributed by atoms with Gasteiger partial charge in [0.25, 0.3) is 0 Å². The van der Waals surface area contributed by atoms with E-state index in [2.05, 4.69) is 43.1 Å². The zero-order valence-corrected chi connectivity index (χ0v) is 11.1. The molecule has 1 heterocycles. The molecule has 0 radical (unpaired) electrons. The number of benzene rings is 1. The molecule has 1 aromatic heterocycles. The minimum atomic E-state index is 0.335. The number of nitrogens with one attached hydrogen (secondary N) is 1. The summed E-state index contributed by atoms with van der Waals surface area (Å²) in [6.07, 6.45) is 5.40. The Labute approximate surface area is 108 Å². The third kappa shape index (κ3) is 1.12. The first-order valence-electron chi connectivity index (χ1n) is 7.02. The number of aromatic amines is 1. The summed E-state index contributed by atoms with van der Waals surface area (Å²) < 4.78 is 0. The van der Waals surface area contributed by atoms with Crippen LogP contribution in [0, 0.1) is 13.8 Å². The van der Waals surface area contributed by atoms with Gasteiger partial charge in [0.05, 0.1) is 5.69 Å². The van der Waals surface area contributed by atoms with Crippen LogP contribution in [0.4, 0.5) is 0 Å². The van der Waals surface area contributed by atoms with Gasteiger partial charge in [-0.25, -0.2) is 0 Å². The Morgan fingerprint density at radius 2 is 1.78 bits per heavy atom. The molecule has 1 aromatic carbocycles. The van der Waals surface area contributed by atoms with Crippen molar-refractivity contribution in [3.8, 4) is 11.3 Å². The lowest BCUT2D eigenvalue weighted by molar-refractivity contribution is 0.550. The topological polar surface area (TPSA) is 15.8 Å². The fourth-order valence-corrected chi connectivity index (χ4v) is 4.11. The zero-order valence-electron chi connectivity index (χ0n) is 11.1. The fourth-order valence-electron chi connectivity index (χ4n) is 4.11. The first-order chi connectivity index (χ1) is 8.71. The predicted octanol–water partition coefficient (Wildman–Crippen LogP) is 4.47. The quantitative estimate of drug-likeness (QED) is 0.695. The highest BCUT2D eigenvalue weighted by atomic mass is 14.8. The Bertz CT molecular complexity index is 627. The maximum atomic E-state index is 3.58. The number of fused-ring (bicyclic) bond motifs is 5. The summed E-state index contributed by atoms with van der Waals surface area (Å²) in [7, 11) is 0. The molecule has 1 saturated carbocycles. The van der Waals surface area contributed by atoms with Crippen LogP contribution in [0.1, 0.15) is 48.1 Å². The van der Waals surface area contributed by atoms with Gasteiger partial charge in [0.15, 0.2) is 0 Å². The van der Waals surface area contributed by atoms with Crippen LogP contribution >= 0.6 is 0 Å². The minimum Gasteiger partial charge on any atom is -0.358 e. The normalized spacial score (nSPS) is 19.2. The average molecular weight is 237 g/mol. The van der Waals surface area contributed by atoms with Crippen molar-refractivity contribution in [1.29, 1.82) is 0 Å². The molecule has 1 spiro atoms. The standard InChI is InChI=1S/C17H19N/c1-11-5-6-13-14(9-11)17(7-3-4-8-17)15-10-12(2)18-16(13)15/h5-6,9-10,18H,3-4,7-8H2,1-2H3. The van der Waals surface area contributed by atoms with Gasteiger partial charge in [-0.05, 0) is 43.9 Å². The maximum Gasteiger partial charge on any atom is 0.0500 e. The second-order valence-electron chi connectivity index (χ2n) is 6.08. The highest BCUT2D eigenvalue weighted by Crippen LogP contribution is 2.56. The van der Waals surface area contributed by atoms with Gasteiger partial charge in [-0.1, -0.05) is 36.6 Å². The Morgan fingerprint density at radius 3 is 2.56 bits per heavy atom. The molecule has 2 aliphatic carbocycles. The molecule has 0 saturated heterocycles.